The fourth-order valence-electron chi connectivity index (χ4n) is 3.66. The monoisotopic (exact) mass is 263 g/mol. The van der Waals surface area contributed by atoms with Gasteiger partial charge in [0.05, 0.1) is 18.4 Å². The maximum absolute atomic E-state index is 12.2. The van der Waals surface area contributed by atoms with Gasteiger partial charge < -0.3 is 15.0 Å². The molecule has 2 bridgehead atoms. The van der Waals surface area contributed by atoms with E-state index in [4.69, 9.17) is 0 Å². The highest BCUT2D eigenvalue weighted by molar-refractivity contribution is 5.93. The fraction of sp³-hybridized carbons (Fsp3) is 0.615. The van der Waals surface area contributed by atoms with Crippen molar-refractivity contribution in [3.05, 3.63) is 18.2 Å². The van der Waals surface area contributed by atoms with Crippen LogP contribution in [0.5, 0.6) is 0 Å². The molecular weight excluding hydrogens is 246 g/mol. The topological polar surface area (TPSA) is 84.2 Å². The first-order valence-electron chi connectivity index (χ1n) is 6.58. The molecule has 2 aliphatic carbocycles. The van der Waals surface area contributed by atoms with Gasteiger partial charge in [-0.05, 0) is 31.1 Å². The third-order valence-corrected chi connectivity index (χ3v) is 4.55. The van der Waals surface area contributed by atoms with Crippen molar-refractivity contribution in [3.63, 3.8) is 0 Å². The van der Waals surface area contributed by atoms with E-state index in [1.54, 1.807) is 17.9 Å². The summed E-state index contributed by atoms with van der Waals surface area (Å²) in [6.45, 7) is 0. The SMILES string of the molecule is Cn1cncc1C(=O)NC1C2CCC(C2)C1C(=O)O. The van der Waals surface area contributed by atoms with Crippen LogP contribution in [0, 0.1) is 17.8 Å². The minimum absolute atomic E-state index is 0.222. The molecule has 4 unspecified atom stereocenters. The number of hydrogen-bond donors (Lipinski definition) is 2. The summed E-state index contributed by atoms with van der Waals surface area (Å²) in [5.74, 6) is -0.926. The second-order valence-corrected chi connectivity index (χ2v) is 5.59. The lowest BCUT2D eigenvalue weighted by molar-refractivity contribution is -0.144. The van der Waals surface area contributed by atoms with Crippen LogP contribution in [-0.2, 0) is 11.8 Å². The summed E-state index contributed by atoms with van der Waals surface area (Å²) in [4.78, 5) is 27.4. The van der Waals surface area contributed by atoms with Gasteiger partial charge in [0.2, 0.25) is 0 Å². The molecule has 6 heteroatoms. The summed E-state index contributed by atoms with van der Waals surface area (Å²) < 4.78 is 1.64. The molecule has 3 rings (SSSR count). The fourth-order valence-corrected chi connectivity index (χ4v) is 3.66. The summed E-state index contributed by atoms with van der Waals surface area (Å²) in [7, 11) is 1.75. The Morgan fingerprint density at radius 1 is 1.42 bits per heavy atom. The molecular formula is C13H17N3O3. The van der Waals surface area contributed by atoms with Crippen LogP contribution < -0.4 is 5.32 Å². The zero-order valence-corrected chi connectivity index (χ0v) is 10.7. The van der Waals surface area contributed by atoms with Gasteiger partial charge in [-0.3, -0.25) is 9.59 Å². The van der Waals surface area contributed by atoms with E-state index in [9.17, 15) is 14.7 Å². The van der Waals surface area contributed by atoms with Gasteiger partial charge in [-0.25, -0.2) is 4.98 Å². The van der Waals surface area contributed by atoms with Crippen LogP contribution in [0.1, 0.15) is 29.8 Å². The molecule has 1 aromatic heterocycles. The first-order chi connectivity index (χ1) is 9.08. The van der Waals surface area contributed by atoms with Gasteiger partial charge >= 0.3 is 5.97 Å². The van der Waals surface area contributed by atoms with E-state index in [2.05, 4.69) is 10.3 Å². The number of aliphatic carboxylic acids is 1. The molecule has 2 fully saturated rings. The van der Waals surface area contributed by atoms with Crippen LogP contribution in [0.15, 0.2) is 12.5 Å². The van der Waals surface area contributed by atoms with Crippen molar-refractivity contribution in [1.29, 1.82) is 0 Å². The lowest BCUT2D eigenvalue weighted by Crippen LogP contribution is -2.47. The van der Waals surface area contributed by atoms with Crippen molar-refractivity contribution in [2.75, 3.05) is 0 Å². The average molecular weight is 263 g/mol. The minimum atomic E-state index is -0.789. The highest BCUT2D eigenvalue weighted by atomic mass is 16.4. The molecule has 2 aliphatic rings. The standard InChI is InChI=1S/C13H17N3O3/c1-16-6-14-5-9(16)12(17)15-11-8-3-2-7(4-8)10(11)13(18)19/h5-8,10-11H,2-4H2,1H3,(H,15,17)(H,18,19). The first-order valence-corrected chi connectivity index (χ1v) is 6.58. The van der Waals surface area contributed by atoms with Crippen molar-refractivity contribution < 1.29 is 14.7 Å². The van der Waals surface area contributed by atoms with E-state index < -0.39 is 11.9 Å². The Labute approximate surface area is 110 Å². The van der Waals surface area contributed by atoms with Gasteiger partial charge in [-0.15, -0.1) is 0 Å². The van der Waals surface area contributed by atoms with Crippen LogP contribution in [0.25, 0.3) is 0 Å². The van der Waals surface area contributed by atoms with Crippen molar-refractivity contribution in [2.24, 2.45) is 24.8 Å². The lowest BCUT2D eigenvalue weighted by Gasteiger charge is -2.28. The van der Waals surface area contributed by atoms with Crippen LogP contribution in [0.2, 0.25) is 0 Å². The minimum Gasteiger partial charge on any atom is -0.481 e. The average Bonchev–Trinajstić information content (AvgIpc) is 3.03. The molecule has 102 valence electrons. The molecule has 1 amide bonds. The second kappa shape index (κ2) is 4.36. The Hall–Kier alpha value is -1.85. The second-order valence-electron chi connectivity index (χ2n) is 5.59. The highest BCUT2D eigenvalue weighted by Gasteiger charge is 2.51. The molecule has 1 heterocycles. The highest BCUT2D eigenvalue weighted by Crippen LogP contribution is 2.48. The van der Waals surface area contributed by atoms with E-state index >= 15 is 0 Å². The number of carboxylic acid groups (broad SMARTS) is 1. The molecule has 4 atom stereocenters. The van der Waals surface area contributed by atoms with Crippen molar-refractivity contribution in [1.82, 2.24) is 14.9 Å². The van der Waals surface area contributed by atoms with Crippen molar-refractivity contribution in [2.45, 2.75) is 25.3 Å². The van der Waals surface area contributed by atoms with Gasteiger partial charge in [-0.1, -0.05) is 0 Å². The first kappa shape index (κ1) is 12.2. The molecule has 1 aromatic rings. The Morgan fingerprint density at radius 3 is 2.79 bits per heavy atom. The molecule has 0 aromatic carbocycles. The number of carboxylic acids is 1. The van der Waals surface area contributed by atoms with Crippen molar-refractivity contribution >= 4 is 11.9 Å². The number of nitrogens with zero attached hydrogens (tertiary/aromatic N) is 2. The summed E-state index contributed by atoms with van der Waals surface area (Å²) in [5.41, 5.74) is 0.465. The normalized spacial score (nSPS) is 32.5. The lowest BCUT2D eigenvalue weighted by atomic mass is 9.84. The molecule has 19 heavy (non-hydrogen) atoms. The van der Waals surface area contributed by atoms with E-state index in [1.807, 2.05) is 0 Å². The number of imidazole rings is 1. The molecule has 0 saturated heterocycles. The van der Waals surface area contributed by atoms with Gasteiger partial charge in [0.25, 0.3) is 5.91 Å². The maximum Gasteiger partial charge on any atom is 0.308 e. The summed E-state index contributed by atoms with van der Waals surface area (Å²) >= 11 is 0. The third-order valence-electron chi connectivity index (χ3n) is 4.55. The number of aryl methyl sites for hydroxylation is 1. The number of aromatic nitrogens is 2. The molecule has 0 radical (unpaired) electrons. The number of rotatable bonds is 3. The number of nitrogens with one attached hydrogen (secondary N) is 1. The van der Waals surface area contributed by atoms with Gasteiger partial charge in [-0.2, -0.15) is 0 Å². The molecule has 2 N–H and O–H groups in total. The van der Waals surface area contributed by atoms with Crippen LogP contribution in [0.3, 0.4) is 0 Å². The molecule has 2 saturated carbocycles. The third kappa shape index (κ3) is 1.91. The quantitative estimate of drug-likeness (QED) is 0.838. The number of carbonyl (C=O) groups excluding carboxylic acids is 1. The van der Waals surface area contributed by atoms with E-state index in [1.165, 1.54) is 6.20 Å². The summed E-state index contributed by atoms with van der Waals surface area (Å²) in [6, 6.07) is -0.237. The molecule has 0 aliphatic heterocycles. The Balaban J connectivity index is 1.77. The Morgan fingerprint density at radius 2 is 2.16 bits per heavy atom. The van der Waals surface area contributed by atoms with E-state index in [0.29, 0.717) is 11.6 Å². The predicted octanol–water partition coefficient (Wildman–Crippen LogP) is 0.649. The van der Waals surface area contributed by atoms with Crippen LogP contribution >= 0.6 is 0 Å². The summed E-state index contributed by atoms with van der Waals surface area (Å²) in [5, 5.41) is 12.2. The number of hydrogen-bond acceptors (Lipinski definition) is 3. The van der Waals surface area contributed by atoms with Crippen LogP contribution in [0.4, 0.5) is 0 Å². The van der Waals surface area contributed by atoms with E-state index in [0.717, 1.165) is 19.3 Å². The summed E-state index contributed by atoms with van der Waals surface area (Å²) in [6.07, 6.45) is 5.97. The number of carbonyl (C=O) groups is 2. The van der Waals surface area contributed by atoms with Crippen LogP contribution in [-0.4, -0.2) is 32.6 Å². The molecule has 6 nitrogen and oxygen atoms in total. The van der Waals surface area contributed by atoms with Gasteiger partial charge in [0, 0.05) is 13.1 Å². The number of amides is 1. The smallest absolute Gasteiger partial charge is 0.308 e. The zero-order chi connectivity index (χ0) is 13.6. The predicted molar refractivity (Wildman–Crippen MR) is 66.4 cm³/mol. The van der Waals surface area contributed by atoms with Gasteiger partial charge in [0.1, 0.15) is 5.69 Å². The zero-order valence-electron chi connectivity index (χ0n) is 10.7. The number of fused-ring (bicyclic) bond motifs is 2. The largest absolute Gasteiger partial charge is 0.481 e. The van der Waals surface area contributed by atoms with Crippen molar-refractivity contribution in [3.8, 4) is 0 Å². The molecule has 0 spiro atoms. The van der Waals surface area contributed by atoms with Gasteiger partial charge in [0.15, 0.2) is 0 Å². The Bertz CT molecular complexity index is 525. The maximum atomic E-state index is 12.2. The Kier molecular flexibility index (Phi) is 2.80. The van der Waals surface area contributed by atoms with E-state index in [-0.39, 0.29) is 17.9 Å².